The lowest BCUT2D eigenvalue weighted by Crippen LogP contribution is -2.61. The molecule has 0 unspecified atom stereocenters. The molecule has 1 aromatic heterocycles. The predicted octanol–water partition coefficient (Wildman–Crippen LogP) is 5.70. The number of hydrogen-bond acceptors (Lipinski definition) is 10. The van der Waals surface area contributed by atoms with E-state index >= 15 is 0 Å². The van der Waals surface area contributed by atoms with Crippen molar-refractivity contribution in [2.24, 2.45) is 5.41 Å². The van der Waals surface area contributed by atoms with Gasteiger partial charge in [0.2, 0.25) is 21.8 Å². The number of aromatic nitrogens is 1. The number of methoxy groups -OCH3 is 1. The molecule has 3 aromatic rings. The first-order chi connectivity index (χ1) is 26.9. The Kier molecular flexibility index (Phi) is 11.2. The van der Waals surface area contributed by atoms with Crippen molar-refractivity contribution in [1.29, 1.82) is 0 Å². The van der Waals surface area contributed by atoms with E-state index in [9.17, 15) is 27.6 Å². The van der Waals surface area contributed by atoms with Gasteiger partial charge in [-0.25, -0.2) is 18.2 Å². The summed E-state index contributed by atoms with van der Waals surface area (Å²) < 4.78 is 46.3. The second-order valence-electron chi connectivity index (χ2n) is 18.9. The van der Waals surface area contributed by atoms with Gasteiger partial charge in [-0.1, -0.05) is 70.7 Å². The van der Waals surface area contributed by atoms with E-state index in [1.54, 1.807) is 60.8 Å². The van der Waals surface area contributed by atoms with Crippen LogP contribution in [0.25, 0.3) is 22.2 Å². The Hall–Kier alpha value is -4.70. The number of likely N-dealkylation sites (tertiary alicyclic amines) is 1. The van der Waals surface area contributed by atoms with E-state index in [1.165, 1.54) is 4.90 Å². The van der Waals surface area contributed by atoms with E-state index < -0.39 is 81.0 Å². The Balaban J connectivity index is 1.32. The summed E-state index contributed by atoms with van der Waals surface area (Å²) in [4.78, 5) is 62.2. The van der Waals surface area contributed by atoms with Crippen molar-refractivity contribution in [2.45, 2.75) is 127 Å². The molecule has 2 saturated carbocycles. The quantitative estimate of drug-likeness (QED) is 0.192. The number of nitrogens with one attached hydrogen (secondary N) is 3. The molecule has 0 bridgehead atoms. The van der Waals surface area contributed by atoms with Crippen molar-refractivity contribution in [2.75, 3.05) is 13.7 Å². The third-order valence-corrected chi connectivity index (χ3v) is 19.1. The SMILES string of the molecule is COc1ccc2c(O[C@@H]3C[C@@H](C(=O)NC4(C(=O)NS(=O)(=O)C5([Si](C)(C)C)CC5)CC4)N(C(=O)[C@@H](NC(=O)OC(C)(C)C)C(C)(C)C)C3)cc(-c3ccccc3)nc2c1. The second-order valence-corrected chi connectivity index (χ2v) is 26.7. The number of carbonyl (C=O) groups is 4. The molecule has 2 aliphatic carbocycles. The third-order valence-electron chi connectivity index (χ3n) is 11.3. The minimum Gasteiger partial charge on any atom is -0.497 e. The second kappa shape index (κ2) is 15.2. The first-order valence-electron chi connectivity index (χ1n) is 19.8. The third kappa shape index (κ3) is 8.82. The highest BCUT2D eigenvalue weighted by molar-refractivity contribution is 7.93. The lowest BCUT2D eigenvalue weighted by Gasteiger charge is -2.36. The van der Waals surface area contributed by atoms with E-state index in [2.05, 4.69) is 15.4 Å². The molecule has 2 heterocycles. The number of sulfonamides is 1. The van der Waals surface area contributed by atoms with Crippen molar-refractivity contribution in [3.63, 3.8) is 0 Å². The van der Waals surface area contributed by atoms with Gasteiger partial charge in [0, 0.05) is 29.5 Å². The first kappa shape index (κ1) is 42.9. The van der Waals surface area contributed by atoms with Gasteiger partial charge in [-0.3, -0.25) is 19.1 Å². The Labute approximate surface area is 342 Å². The molecule has 58 heavy (non-hydrogen) atoms. The number of benzene rings is 2. The van der Waals surface area contributed by atoms with Gasteiger partial charge in [0.25, 0.3) is 5.91 Å². The molecule has 3 fully saturated rings. The maximum absolute atomic E-state index is 14.7. The summed E-state index contributed by atoms with van der Waals surface area (Å²) in [6, 6.07) is 14.6. The summed E-state index contributed by atoms with van der Waals surface area (Å²) in [6.45, 7) is 16.4. The van der Waals surface area contributed by atoms with Crippen LogP contribution in [0.4, 0.5) is 4.79 Å². The van der Waals surface area contributed by atoms with Crippen LogP contribution in [0.3, 0.4) is 0 Å². The molecule has 4 amide bonds. The van der Waals surface area contributed by atoms with Crippen LogP contribution in [0.2, 0.25) is 19.6 Å². The monoisotopic (exact) mass is 835 g/mol. The minimum absolute atomic E-state index is 0.0353. The van der Waals surface area contributed by atoms with Crippen LogP contribution in [0.1, 0.15) is 73.6 Å². The van der Waals surface area contributed by atoms with Crippen LogP contribution in [0.5, 0.6) is 11.5 Å². The molecule has 314 valence electrons. The van der Waals surface area contributed by atoms with Gasteiger partial charge < -0.3 is 29.7 Å². The lowest BCUT2D eigenvalue weighted by molar-refractivity contribution is -0.143. The normalized spacial score (nSPS) is 20.4. The zero-order valence-electron chi connectivity index (χ0n) is 35.1. The van der Waals surface area contributed by atoms with Crippen molar-refractivity contribution in [3.8, 4) is 22.8 Å². The van der Waals surface area contributed by atoms with Crippen LogP contribution >= 0.6 is 0 Å². The van der Waals surface area contributed by atoms with Gasteiger partial charge in [0.1, 0.15) is 40.8 Å². The average Bonchev–Trinajstić information content (AvgIpc) is 4.06. The van der Waals surface area contributed by atoms with Gasteiger partial charge in [-0.05, 0) is 64.0 Å². The standard InChI is InChI=1S/C42H57N5O9SSi/c1-39(2,3)34(44-38(51)56-40(4,5)6)36(49)47-25-28(55-33-24-30(26-14-12-11-13-15-26)43-31-22-27(54-7)16-17-29(31)33)23-32(47)35(48)45-41(18-19-41)37(50)46-57(52,53)42(20-21-42)58(8,9)10/h11-17,22,24,28,32,34H,18-21,23,25H2,1-10H3,(H,44,51)(H,45,48)(H,46,50)/t28-,32+,34-/m1/s1. The Morgan fingerprint density at radius 2 is 1.59 bits per heavy atom. The summed E-state index contributed by atoms with van der Waals surface area (Å²) in [5.41, 5.74) is -0.988. The minimum atomic E-state index is -4.01. The summed E-state index contributed by atoms with van der Waals surface area (Å²) in [5.74, 6) is -0.865. The molecular weight excluding hydrogens is 779 g/mol. The smallest absolute Gasteiger partial charge is 0.408 e. The number of hydrogen-bond donors (Lipinski definition) is 3. The fourth-order valence-corrected chi connectivity index (χ4v) is 13.9. The maximum Gasteiger partial charge on any atom is 0.408 e. The molecule has 0 radical (unpaired) electrons. The number of amides is 4. The highest BCUT2D eigenvalue weighted by Crippen LogP contribution is 2.50. The summed E-state index contributed by atoms with van der Waals surface area (Å²) in [7, 11) is -4.66. The average molecular weight is 836 g/mol. The van der Waals surface area contributed by atoms with Crippen LogP contribution in [0, 0.1) is 5.41 Å². The number of ether oxygens (including phenoxy) is 3. The number of rotatable bonds is 12. The predicted molar refractivity (Wildman–Crippen MR) is 223 cm³/mol. The van der Waals surface area contributed by atoms with Crippen LogP contribution in [0.15, 0.2) is 54.6 Å². The molecule has 3 atom stereocenters. The number of nitrogens with zero attached hydrogens (tertiary/aromatic N) is 2. The highest BCUT2D eigenvalue weighted by Gasteiger charge is 2.64. The van der Waals surface area contributed by atoms with E-state index in [-0.39, 0.29) is 25.8 Å². The molecule has 14 nitrogen and oxygen atoms in total. The number of alkyl carbamates (subject to hydrolysis) is 1. The van der Waals surface area contributed by atoms with Crippen molar-refractivity contribution >= 4 is 52.8 Å². The fourth-order valence-electron chi connectivity index (χ4n) is 7.66. The molecular formula is C42H57N5O9SSi. The lowest BCUT2D eigenvalue weighted by atomic mass is 9.85. The molecule has 16 heteroatoms. The Bertz CT molecular complexity index is 2210. The highest BCUT2D eigenvalue weighted by atomic mass is 32.2. The van der Waals surface area contributed by atoms with E-state index in [0.29, 0.717) is 40.9 Å². The van der Waals surface area contributed by atoms with Crippen molar-refractivity contribution in [1.82, 2.24) is 25.2 Å². The molecule has 3 aliphatic rings. The van der Waals surface area contributed by atoms with Gasteiger partial charge in [0.15, 0.2) is 0 Å². The van der Waals surface area contributed by atoms with Crippen LogP contribution in [-0.4, -0.2) is 97.5 Å². The zero-order valence-corrected chi connectivity index (χ0v) is 37.0. The molecule has 3 N–H and O–H groups in total. The van der Waals surface area contributed by atoms with Crippen LogP contribution in [-0.2, 0) is 29.1 Å². The van der Waals surface area contributed by atoms with Gasteiger partial charge in [0.05, 0.1) is 37.3 Å². The summed E-state index contributed by atoms with van der Waals surface area (Å²) in [5, 5.41) is 6.27. The number of carbonyl (C=O) groups excluding carboxylic acids is 4. The van der Waals surface area contributed by atoms with Crippen LogP contribution < -0.4 is 24.8 Å². The molecule has 1 saturated heterocycles. The maximum atomic E-state index is 14.7. The Morgan fingerprint density at radius 3 is 2.14 bits per heavy atom. The molecule has 2 aromatic carbocycles. The van der Waals surface area contributed by atoms with Gasteiger partial charge >= 0.3 is 6.09 Å². The van der Waals surface area contributed by atoms with Gasteiger partial charge in [-0.2, -0.15) is 0 Å². The zero-order chi connectivity index (χ0) is 42.6. The van der Waals surface area contributed by atoms with Gasteiger partial charge in [-0.15, -0.1) is 0 Å². The van der Waals surface area contributed by atoms with E-state index in [0.717, 1.165) is 5.56 Å². The first-order valence-corrected chi connectivity index (χ1v) is 24.8. The summed E-state index contributed by atoms with van der Waals surface area (Å²) in [6.07, 6.45) is -0.0113. The van der Waals surface area contributed by atoms with Crippen molar-refractivity contribution in [3.05, 3.63) is 54.6 Å². The molecule has 6 rings (SSSR count). The van der Waals surface area contributed by atoms with E-state index in [1.807, 2.05) is 62.1 Å². The Morgan fingerprint density at radius 1 is 0.931 bits per heavy atom. The molecule has 1 aliphatic heterocycles. The largest absolute Gasteiger partial charge is 0.497 e. The number of fused-ring (bicyclic) bond motifs is 1. The van der Waals surface area contributed by atoms with Crippen molar-refractivity contribution < 1.29 is 41.8 Å². The molecule has 0 spiro atoms. The van der Waals surface area contributed by atoms with E-state index in [4.69, 9.17) is 19.2 Å². The fraction of sp³-hybridized carbons (Fsp3) is 0.548. The number of pyridine rings is 1. The summed E-state index contributed by atoms with van der Waals surface area (Å²) >= 11 is 0. The topological polar surface area (TPSA) is 182 Å².